The molecule has 0 saturated carbocycles. The summed E-state index contributed by atoms with van der Waals surface area (Å²) < 4.78 is 33.4. The van der Waals surface area contributed by atoms with E-state index in [0.717, 1.165) is 31.9 Å². The number of fused-ring (bicyclic) bond motifs is 1. The van der Waals surface area contributed by atoms with Crippen LogP contribution in [0.4, 0.5) is 0 Å². The topological polar surface area (TPSA) is 107 Å². The van der Waals surface area contributed by atoms with Crippen molar-refractivity contribution in [3.8, 4) is 11.5 Å². The fraction of sp³-hybridized carbons (Fsp3) is 0.375. The molecule has 2 aromatic rings. The van der Waals surface area contributed by atoms with Gasteiger partial charge in [-0.1, -0.05) is 30.3 Å². The number of hydrogen-bond donors (Lipinski definition) is 0. The molecule has 34 heavy (non-hydrogen) atoms. The first-order valence-electron chi connectivity index (χ1n) is 10.8. The van der Waals surface area contributed by atoms with Gasteiger partial charge in [0.25, 0.3) is 17.9 Å². The van der Waals surface area contributed by atoms with Crippen LogP contribution >= 0.6 is 0 Å². The lowest BCUT2D eigenvalue weighted by atomic mass is 10.1. The van der Waals surface area contributed by atoms with Gasteiger partial charge in [0.05, 0.1) is 19.3 Å². The van der Waals surface area contributed by atoms with Crippen molar-refractivity contribution in [2.24, 2.45) is 0 Å². The van der Waals surface area contributed by atoms with E-state index >= 15 is 0 Å². The van der Waals surface area contributed by atoms with E-state index in [0.29, 0.717) is 24.5 Å². The second kappa shape index (κ2) is 10.7. The Morgan fingerprint density at radius 3 is 2.15 bits per heavy atom. The fourth-order valence-electron chi connectivity index (χ4n) is 3.55. The van der Waals surface area contributed by atoms with Crippen LogP contribution in [0.2, 0.25) is 6.04 Å². The molecule has 10 heteroatoms. The monoisotopic (exact) mass is 488 g/mol. The number of rotatable bonds is 9. The molecule has 0 spiro atoms. The molecule has 0 fully saturated rings. The number of carbonyl (C=O) groups is 3. The highest BCUT2D eigenvalue weighted by molar-refractivity contribution is 6.65. The number of ether oxygens (including phenoxy) is 3. The van der Waals surface area contributed by atoms with Crippen LogP contribution in [0, 0.1) is 0 Å². The second-order valence-corrected chi connectivity index (χ2v) is 10.4. The van der Waals surface area contributed by atoms with Gasteiger partial charge >= 0.3 is 8.80 Å². The molecule has 1 aliphatic rings. The lowest BCUT2D eigenvalue weighted by Crippen LogP contribution is -2.49. The summed E-state index contributed by atoms with van der Waals surface area (Å²) >= 11 is 0. The zero-order chi connectivity index (χ0) is 24.8. The van der Waals surface area contributed by atoms with Crippen LogP contribution in [-0.2, 0) is 44.8 Å². The number of benzene rings is 2. The molecule has 0 aliphatic carbocycles. The molecule has 0 amide bonds. The SMILES string of the molecule is CC(=O)O[Si](CCCOc1ccc2c(c1)COC(C)(c1ccccc1)O2)(OC(C)=O)OC(C)=O. The van der Waals surface area contributed by atoms with E-state index < -0.39 is 32.5 Å². The molecule has 0 saturated heterocycles. The Morgan fingerprint density at radius 2 is 1.56 bits per heavy atom. The van der Waals surface area contributed by atoms with Crippen molar-refractivity contribution >= 4 is 26.7 Å². The highest BCUT2D eigenvalue weighted by Crippen LogP contribution is 2.38. The Labute approximate surface area is 199 Å². The highest BCUT2D eigenvalue weighted by atomic mass is 28.4. The van der Waals surface area contributed by atoms with Crippen LogP contribution in [0.1, 0.15) is 45.2 Å². The zero-order valence-electron chi connectivity index (χ0n) is 19.6. The maximum absolute atomic E-state index is 11.5. The summed E-state index contributed by atoms with van der Waals surface area (Å²) in [5, 5.41) is 0. The van der Waals surface area contributed by atoms with Crippen molar-refractivity contribution in [3.05, 3.63) is 59.7 Å². The van der Waals surface area contributed by atoms with Gasteiger partial charge in [-0.3, -0.25) is 14.4 Å². The molecule has 0 bridgehead atoms. The fourth-order valence-corrected chi connectivity index (χ4v) is 5.87. The van der Waals surface area contributed by atoms with Crippen molar-refractivity contribution in [1.29, 1.82) is 0 Å². The van der Waals surface area contributed by atoms with Crippen molar-refractivity contribution in [2.75, 3.05) is 6.61 Å². The molecule has 0 radical (unpaired) electrons. The van der Waals surface area contributed by atoms with Crippen molar-refractivity contribution in [1.82, 2.24) is 0 Å². The summed E-state index contributed by atoms with van der Waals surface area (Å²) in [6.45, 7) is 5.91. The highest BCUT2D eigenvalue weighted by Gasteiger charge is 2.51. The van der Waals surface area contributed by atoms with Gasteiger partial charge in [0.1, 0.15) is 11.5 Å². The van der Waals surface area contributed by atoms with Crippen molar-refractivity contribution in [3.63, 3.8) is 0 Å². The molecule has 3 rings (SSSR count). The van der Waals surface area contributed by atoms with E-state index in [1.165, 1.54) is 0 Å². The average Bonchev–Trinajstić information content (AvgIpc) is 2.76. The molecule has 1 aliphatic heterocycles. The average molecular weight is 489 g/mol. The third-order valence-electron chi connectivity index (χ3n) is 4.93. The predicted molar refractivity (Wildman–Crippen MR) is 122 cm³/mol. The maximum atomic E-state index is 11.5. The minimum atomic E-state index is -3.86. The minimum absolute atomic E-state index is 0.0400. The molecule has 2 aromatic carbocycles. The van der Waals surface area contributed by atoms with Gasteiger partial charge in [0, 0.05) is 38.8 Å². The molecule has 1 unspecified atom stereocenters. The van der Waals surface area contributed by atoms with Crippen LogP contribution in [0.25, 0.3) is 0 Å². The van der Waals surface area contributed by atoms with E-state index in [-0.39, 0.29) is 12.7 Å². The van der Waals surface area contributed by atoms with Gasteiger partial charge in [0.15, 0.2) is 0 Å². The van der Waals surface area contributed by atoms with Gasteiger partial charge in [-0.05, 0) is 24.6 Å². The summed E-state index contributed by atoms with van der Waals surface area (Å²) in [6, 6.07) is 15.2. The minimum Gasteiger partial charge on any atom is -0.494 e. The van der Waals surface area contributed by atoms with Gasteiger partial charge in [-0.2, -0.15) is 0 Å². The summed E-state index contributed by atoms with van der Waals surface area (Å²) in [4.78, 5) is 34.6. The van der Waals surface area contributed by atoms with E-state index in [1.807, 2.05) is 49.4 Å². The number of carbonyl (C=O) groups excluding carboxylic acids is 3. The predicted octanol–water partition coefficient (Wildman–Crippen LogP) is 3.87. The third-order valence-corrected chi connectivity index (χ3v) is 7.69. The summed E-state index contributed by atoms with van der Waals surface area (Å²) in [5.74, 6) is -1.69. The van der Waals surface area contributed by atoms with Crippen LogP contribution in [0.3, 0.4) is 0 Å². The normalized spacial score (nSPS) is 17.1. The largest absolute Gasteiger partial charge is 0.705 e. The number of hydrogen-bond acceptors (Lipinski definition) is 9. The summed E-state index contributed by atoms with van der Waals surface area (Å²) in [6.07, 6.45) is 0.316. The molecule has 1 heterocycles. The van der Waals surface area contributed by atoms with E-state index in [1.54, 1.807) is 6.07 Å². The Bertz CT molecular complexity index is 999. The lowest BCUT2D eigenvalue weighted by Gasteiger charge is -2.36. The first-order chi connectivity index (χ1) is 16.1. The molecule has 182 valence electrons. The molecular weight excluding hydrogens is 460 g/mol. The molecule has 0 N–H and O–H groups in total. The van der Waals surface area contributed by atoms with Crippen molar-refractivity contribution in [2.45, 2.75) is 52.6 Å². The summed E-state index contributed by atoms with van der Waals surface area (Å²) in [5.41, 5.74) is 1.76. The second-order valence-electron chi connectivity index (χ2n) is 7.89. The molecular formula is C24H28O9Si. The Hall–Kier alpha value is -3.37. The van der Waals surface area contributed by atoms with Crippen LogP contribution in [0.5, 0.6) is 11.5 Å². The van der Waals surface area contributed by atoms with E-state index in [2.05, 4.69) is 0 Å². The van der Waals surface area contributed by atoms with Gasteiger partial charge < -0.3 is 27.5 Å². The Balaban J connectivity index is 1.61. The Morgan fingerprint density at radius 1 is 0.941 bits per heavy atom. The molecule has 9 nitrogen and oxygen atoms in total. The van der Waals surface area contributed by atoms with Gasteiger partial charge in [-0.15, -0.1) is 0 Å². The first kappa shape index (κ1) is 25.3. The maximum Gasteiger partial charge on any atom is 0.705 e. The Kier molecular flexibility index (Phi) is 7.95. The smallest absolute Gasteiger partial charge is 0.494 e. The van der Waals surface area contributed by atoms with Crippen LogP contribution < -0.4 is 9.47 Å². The van der Waals surface area contributed by atoms with Gasteiger partial charge in [0.2, 0.25) is 5.79 Å². The molecule has 0 aromatic heterocycles. The quantitative estimate of drug-likeness (QED) is 0.384. The zero-order valence-corrected chi connectivity index (χ0v) is 20.6. The van der Waals surface area contributed by atoms with Gasteiger partial charge in [-0.25, -0.2) is 0 Å². The van der Waals surface area contributed by atoms with E-state index in [4.69, 9.17) is 27.5 Å². The first-order valence-corrected chi connectivity index (χ1v) is 12.8. The summed E-state index contributed by atoms with van der Waals surface area (Å²) in [7, 11) is -3.86. The standard InChI is InChI=1S/C24H28O9Si/c1-17(25)31-34(32-18(2)26,33-19(3)27)14-8-13-28-22-11-12-23-20(15-22)16-29-24(4,30-23)21-9-6-5-7-10-21/h5-7,9-12,15H,8,13-14,16H2,1-4H3. The van der Waals surface area contributed by atoms with Crippen LogP contribution in [-0.4, -0.2) is 33.3 Å². The third kappa shape index (κ3) is 6.58. The lowest BCUT2D eigenvalue weighted by molar-refractivity contribution is -0.202. The van der Waals surface area contributed by atoms with Crippen LogP contribution in [0.15, 0.2) is 48.5 Å². The van der Waals surface area contributed by atoms with Crippen molar-refractivity contribution < 1.29 is 41.9 Å². The molecule has 1 atom stereocenters. The van der Waals surface area contributed by atoms with E-state index in [9.17, 15) is 14.4 Å².